The number of phenolic OH excluding ortho intramolecular Hbond substituents is 1. The number of rotatable bonds is 2. The fourth-order valence-corrected chi connectivity index (χ4v) is 1.23. The number of hydrogen-bond donors (Lipinski definition) is 2. The second-order valence-electron chi connectivity index (χ2n) is 2.49. The molecule has 0 heterocycles. The van der Waals surface area contributed by atoms with Crippen LogP contribution in [0.3, 0.4) is 0 Å². The number of halogens is 1. The maximum Gasteiger partial charge on any atom is 0.275 e. The number of benzene rings is 1. The standard InChI is InChI=1S/C9H9BrN2O2/c1-2-11-12-9(14)7-5-6(10)3-4-8(7)13/h2-5,13H,1H3,(H,12,14)/b11-2-. The number of nitrogens with one attached hydrogen (secondary N) is 1. The van der Waals surface area contributed by atoms with Crippen molar-refractivity contribution in [1.29, 1.82) is 0 Å². The van der Waals surface area contributed by atoms with E-state index in [0.29, 0.717) is 0 Å². The molecule has 0 aromatic heterocycles. The summed E-state index contributed by atoms with van der Waals surface area (Å²) in [6.07, 6.45) is 1.45. The maximum absolute atomic E-state index is 11.4. The zero-order valence-corrected chi connectivity index (χ0v) is 9.08. The second kappa shape index (κ2) is 4.76. The smallest absolute Gasteiger partial charge is 0.275 e. The van der Waals surface area contributed by atoms with Gasteiger partial charge in [0.05, 0.1) is 5.56 Å². The largest absolute Gasteiger partial charge is 0.507 e. The van der Waals surface area contributed by atoms with E-state index in [-0.39, 0.29) is 11.3 Å². The van der Waals surface area contributed by atoms with Crippen molar-refractivity contribution in [3.8, 4) is 5.75 Å². The summed E-state index contributed by atoms with van der Waals surface area (Å²) in [5.74, 6) is -0.515. The molecule has 0 bridgehead atoms. The lowest BCUT2D eigenvalue weighted by atomic mass is 10.2. The van der Waals surface area contributed by atoms with E-state index in [4.69, 9.17) is 0 Å². The number of phenols is 1. The van der Waals surface area contributed by atoms with Gasteiger partial charge >= 0.3 is 0 Å². The Morgan fingerprint density at radius 3 is 3.00 bits per heavy atom. The van der Waals surface area contributed by atoms with Crippen molar-refractivity contribution < 1.29 is 9.90 Å². The van der Waals surface area contributed by atoms with E-state index in [1.807, 2.05) is 0 Å². The van der Waals surface area contributed by atoms with Gasteiger partial charge in [0.1, 0.15) is 5.75 Å². The number of hydrogen-bond acceptors (Lipinski definition) is 3. The van der Waals surface area contributed by atoms with Crippen molar-refractivity contribution in [3.63, 3.8) is 0 Å². The molecular formula is C9H9BrN2O2. The summed E-state index contributed by atoms with van der Waals surface area (Å²) in [5.41, 5.74) is 2.45. The van der Waals surface area contributed by atoms with Gasteiger partial charge in [-0.25, -0.2) is 5.43 Å². The highest BCUT2D eigenvalue weighted by molar-refractivity contribution is 9.10. The molecule has 0 fully saturated rings. The molecule has 0 aliphatic carbocycles. The molecule has 1 amide bonds. The van der Waals surface area contributed by atoms with Crippen LogP contribution in [-0.2, 0) is 0 Å². The highest BCUT2D eigenvalue weighted by atomic mass is 79.9. The first-order chi connectivity index (χ1) is 6.65. The van der Waals surface area contributed by atoms with Gasteiger partial charge in [0.2, 0.25) is 0 Å². The minimum atomic E-state index is -0.443. The quantitative estimate of drug-likeness (QED) is 0.627. The zero-order valence-electron chi connectivity index (χ0n) is 7.49. The second-order valence-corrected chi connectivity index (χ2v) is 3.41. The molecule has 0 spiro atoms. The van der Waals surface area contributed by atoms with E-state index in [1.165, 1.54) is 18.3 Å². The van der Waals surface area contributed by atoms with Crippen LogP contribution in [0.5, 0.6) is 5.75 Å². The molecule has 1 rings (SSSR count). The molecule has 4 nitrogen and oxygen atoms in total. The highest BCUT2D eigenvalue weighted by Crippen LogP contribution is 2.21. The van der Waals surface area contributed by atoms with Crippen molar-refractivity contribution in [1.82, 2.24) is 5.43 Å². The van der Waals surface area contributed by atoms with Crippen molar-refractivity contribution in [2.45, 2.75) is 6.92 Å². The Bertz CT molecular complexity index is 377. The Balaban J connectivity index is 2.94. The summed E-state index contributed by atoms with van der Waals surface area (Å²) in [4.78, 5) is 11.4. The van der Waals surface area contributed by atoms with Gasteiger partial charge < -0.3 is 5.11 Å². The van der Waals surface area contributed by atoms with Crippen LogP contribution in [-0.4, -0.2) is 17.2 Å². The molecule has 5 heteroatoms. The normalized spacial score (nSPS) is 10.4. The van der Waals surface area contributed by atoms with E-state index in [0.717, 1.165) is 4.47 Å². The highest BCUT2D eigenvalue weighted by Gasteiger charge is 2.10. The molecule has 2 N–H and O–H groups in total. The van der Waals surface area contributed by atoms with Gasteiger partial charge in [-0.15, -0.1) is 0 Å². The SMILES string of the molecule is C/C=N\NC(=O)c1cc(Br)ccc1O. The Labute approximate surface area is 89.8 Å². The van der Waals surface area contributed by atoms with Gasteiger partial charge in [-0.05, 0) is 25.1 Å². The fourth-order valence-electron chi connectivity index (χ4n) is 0.874. The number of carbonyl (C=O) groups excluding carboxylic acids is 1. The summed E-state index contributed by atoms with van der Waals surface area (Å²) < 4.78 is 0.723. The molecule has 1 aromatic carbocycles. The average molecular weight is 257 g/mol. The van der Waals surface area contributed by atoms with Crippen LogP contribution in [0.1, 0.15) is 17.3 Å². The predicted molar refractivity (Wildman–Crippen MR) is 57.4 cm³/mol. The van der Waals surface area contributed by atoms with Gasteiger partial charge in [0.25, 0.3) is 5.91 Å². The summed E-state index contributed by atoms with van der Waals surface area (Å²) in [7, 11) is 0. The van der Waals surface area contributed by atoms with Crippen LogP contribution < -0.4 is 5.43 Å². The lowest BCUT2D eigenvalue weighted by molar-refractivity contribution is 0.0952. The third kappa shape index (κ3) is 2.56. The fraction of sp³-hybridized carbons (Fsp3) is 0.111. The molecule has 1 aromatic rings. The molecule has 0 aliphatic rings. The van der Waals surface area contributed by atoms with Crippen LogP contribution in [0.25, 0.3) is 0 Å². The topological polar surface area (TPSA) is 61.7 Å². The molecule has 74 valence electrons. The van der Waals surface area contributed by atoms with Crippen LogP contribution in [0.2, 0.25) is 0 Å². The van der Waals surface area contributed by atoms with Crippen LogP contribution >= 0.6 is 15.9 Å². The van der Waals surface area contributed by atoms with Gasteiger partial charge in [-0.1, -0.05) is 15.9 Å². The average Bonchev–Trinajstić information content (AvgIpc) is 2.18. The minimum Gasteiger partial charge on any atom is -0.507 e. The number of aromatic hydroxyl groups is 1. The third-order valence-corrected chi connectivity index (χ3v) is 1.99. The number of carbonyl (C=O) groups is 1. The van der Waals surface area contributed by atoms with E-state index in [1.54, 1.807) is 13.0 Å². The monoisotopic (exact) mass is 256 g/mol. The number of nitrogens with zero attached hydrogens (tertiary/aromatic N) is 1. The molecule has 0 saturated heterocycles. The lowest BCUT2D eigenvalue weighted by Crippen LogP contribution is -2.17. The van der Waals surface area contributed by atoms with Gasteiger partial charge in [-0.2, -0.15) is 5.10 Å². The summed E-state index contributed by atoms with van der Waals surface area (Å²) >= 11 is 3.20. The van der Waals surface area contributed by atoms with Gasteiger partial charge in [-0.3, -0.25) is 4.79 Å². The Morgan fingerprint density at radius 1 is 1.64 bits per heavy atom. The van der Waals surface area contributed by atoms with Crippen LogP contribution in [0.15, 0.2) is 27.8 Å². The Hall–Kier alpha value is -1.36. The van der Waals surface area contributed by atoms with Crippen molar-refractivity contribution >= 4 is 28.1 Å². The summed E-state index contributed by atoms with van der Waals surface area (Å²) in [6.45, 7) is 1.68. The zero-order chi connectivity index (χ0) is 10.6. The molecular weight excluding hydrogens is 248 g/mol. The summed E-state index contributed by atoms with van der Waals surface area (Å²) in [6, 6.07) is 4.61. The van der Waals surface area contributed by atoms with Crippen molar-refractivity contribution in [3.05, 3.63) is 28.2 Å². The van der Waals surface area contributed by atoms with E-state index < -0.39 is 5.91 Å². The van der Waals surface area contributed by atoms with Crippen LogP contribution in [0, 0.1) is 0 Å². The molecule has 14 heavy (non-hydrogen) atoms. The van der Waals surface area contributed by atoms with E-state index >= 15 is 0 Å². The lowest BCUT2D eigenvalue weighted by Gasteiger charge is -2.02. The number of amides is 1. The Morgan fingerprint density at radius 2 is 2.36 bits per heavy atom. The molecule has 0 radical (unpaired) electrons. The predicted octanol–water partition coefficient (Wildman–Crippen LogP) is 1.89. The minimum absolute atomic E-state index is 0.0722. The first kappa shape index (κ1) is 10.7. The number of hydrazone groups is 1. The summed E-state index contributed by atoms with van der Waals surface area (Å²) in [5, 5.41) is 12.9. The first-order valence-corrected chi connectivity index (χ1v) is 4.71. The van der Waals surface area contributed by atoms with Gasteiger partial charge in [0.15, 0.2) is 0 Å². The molecule has 0 saturated carbocycles. The van der Waals surface area contributed by atoms with Crippen molar-refractivity contribution in [2.24, 2.45) is 5.10 Å². The van der Waals surface area contributed by atoms with E-state index in [2.05, 4.69) is 26.5 Å². The van der Waals surface area contributed by atoms with E-state index in [9.17, 15) is 9.90 Å². The molecule has 0 aliphatic heterocycles. The first-order valence-electron chi connectivity index (χ1n) is 3.91. The third-order valence-electron chi connectivity index (χ3n) is 1.50. The van der Waals surface area contributed by atoms with Crippen molar-refractivity contribution in [2.75, 3.05) is 0 Å². The van der Waals surface area contributed by atoms with Gasteiger partial charge in [0, 0.05) is 10.7 Å². The molecule has 0 unspecified atom stereocenters. The maximum atomic E-state index is 11.4. The van der Waals surface area contributed by atoms with Crippen LogP contribution in [0.4, 0.5) is 0 Å². The Kier molecular flexibility index (Phi) is 3.64. The molecule has 0 atom stereocenters.